The summed E-state index contributed by atoms with van der Waals surface area (Å²) in [4.78, 5) is 0. The zero-order valence-electron chi connectivity index (χ0n) is 11.1. The molecular weight excluding hydrogens is 419 g/mol. The Morgan fingerprint density at radius 2 is 1.82 bits per heavy atom. The highest BCUT2D eigenvalue weighted by molar-refractivity contribution is 9.10. The highest BCUT2D eigenvalue weighted by Gasteiger charge is 2.10. The molecule has 3 rings (SSSR count). The molecule has 0 radical (unpaired) electrons. The minimum atomic E-state index is -0.338. The van der Waals surface area contributed by atoms with E-state index in [1.54, 1.807) is 0 Å². The monoisotopic (exact) mass is 426 g/mol. The van der Waals surface area contributed by atoms with E-state index in [1.165, 1.54) is 18.2 Å². The molecule has 1 aromatic heterocycles. The Balaban J connectivity index is 1.70. The minimum absolute atomic E-state index is 0.105. The van der Waals surface area contributed by atoms with Gasteiger partial charge in [-0.3, -0.25) is 0 Å². The molecule has 0 spiro atoms. The van der Waals surface area contributed by atoms with Crippen molar-refractivity contribution in [1.82, 2.24) is 10.2 Å². The van der Waals surface area contributed by atoms with Crippen molar-refractivity contribution in [3.63, 3.8) is 0 Å². The van der Waals surface area contributed by atoms with Gasteiger partial charge in [0.1, 0.15) is 11.6 Å². The first-order chi connectivity index (χ1) is 10.6. The summed E-state index contributed by atoms with van der Waals surface area (Å²) in [5, 5.41) is 7.92. The molecule has 2 aromatic carbocycles. The summed E-state index contributed by atoms with van der Waals surface area (Å²) >= 11 is 6.60. The normalized spacial score (nSPS) is 10.7. The van der Waals surface area contributed by atoms with Gasteiger partial charge in [0.2, 0.25) is 5.89 Å². The van der Waals surface area contributed by atoms with Gasteiger partial charge in [0.25, 0.3) is 5.89 Å². The number of ether oxygens (including phenoxy) is 1. The van der Waals surface area contributed by atoms with Crippen LogP contribution in [0.2, 0.25) is 0 Å². The molecule has 7 heteroatoms. The number of hydrogen-bond donors (Lipinski definition) is 0. The van der Waals surface area contributed by atoms with Gasteiger partial charge in [-0.15, -0.1) is 10.2 Å². The van der Waals surface area contributed by atoms with E-state index in [-0.39, 0.29) is 12.4 Å². The molecule has 0 bridgehead atoms. The van der Waals surface area contributed by atoms with E-state index >= 15 is 0 Å². The van der Waals surface area contributed by atoms with Gasteiger partial charge in [-0.05, 0) is 58.4 Å². The average Bonchev–Trinajstić information content (AvgIpc) is 2.96. The molecule has 0 unspecified atom stereocenters. The molecule has 0 fully saturated rings. The number of aromatic nitrogens is 2. The van der Waals surface area contributed by atoms with Crippen LogP contribution in [0.1, 0.15) is 5.89 Å². The van der Waals surface area contributed by atoms with Crippen LogP contribution in [0, 0.1) is 5.82 Å². The molecule has 112 valence electrons. The van der Waals surface area contributed by atoms with Crippen LogP contribution in [0.5, 0.6) is 5.75 Å². The third-order valence-corrected chi connectivity index (χ3v) is 3.95. The highest BCUT2D eigenvalue weighted by Crippen LogP contribution is 2.26. The number of nitrogens with zero attached hydrogens (tertiary/aromatic N) is 2. The molecular formula is C15H9Br2FN2O2. The summed E-state index contributed by atoms with van der Waals surface area (Å²) in [5.41, 5.74) is 0.824. The molecule has 0 aliphatic carbocycles. The third kappa shape index (κ3) is 3.53. The first-order valence-electron chi connectivity index (χ1n) is 6.28. The van der Waals surface area contributed by atoms with E-state index in [0.717, 1.165) is 10.0 Å². The number of hydrogen-bond acceptors (Lipinski definition) is 4. The van der Waals surface area contributed by atoms with E-state index in [4.69, 9.17) is 9.15 Å². The molecule has 0 aliphatic rings. The van der Waals surface area contributed by atoms with Crippen LogP contribution in [0.25, 0.3) is 11.5 Å². The quantitative estimate of drug-likeness (QED) is 0.589. The van der Waals surface area contributed by atoms with Gasteiger partial charge in [0, 0.05) is 10.0 Å². The van der Waals surface area contributed by atoms with Crippen LogP contribution in [0.15, 0.2) is 55.8 Å². The predicted octanol–water partition coefficient (Wildman–Crippen LogP) is 4.98. The Hall–Kier alpha value is -1.73. The lowest BCUT2D eigenvalue weighted by Gasteiger charge is -2.05. The number of benzene rings is 2. The van der Waals surface area contributed by atoms with Crippen LogP contribution in [-0.2, 0) is 6.61 Å². The second-order valence-electron chi connectivity index (χ2n) is 4.37. The zero-order valence-corrected chi connectivity index (χ0v) is 14.3. The van der Waals surface area contributed by atoms with Crippen molar-refractivity contribution < 1.29 is 13.5 Å². The maximum Gasteiger partial charge on any atom is 0.254 e. The molecule has 1 heterocycles. The number of halogens is 3. The van der Waals surface area contributed by atoms with Gasteiger partial charge in [0.15, 0.2) is 6.61 Å². The zero-order chi connectivity index (χ0) is 15.5. The smallest absolute Gasteiger partial charge is 0.254 e. The Morgan fingerprint density at radius 3 is 2.55 bits per heavy atom. The summed E-state index contributed by atoms with van der Waals surface area (Å²) in [7, 11) is 0. The fourth-order valence-electron chi connectivity index (χ4n) is 1.75. The SMILES string of the molecule is Fc1ccc(OCc2nnc(-c3ccc(Br)cc3)o2)c(Br)c1. The van der Waals surface area contributed by atoms with Crippen molar-refractivity contribution >= 4 is 31.9 Å². The number of rotatable bonds is 4. The maximum atomic E-state index is 13.0. The van der Waals surface area contributed by atoms with Crippen LogP contribution >= 0.6 is 31.9 Å². The van der Waals surface area contributed by atoms with Crippen molar-refractivity contribution in [2.75, 3.05) is 0 Å². The Labute approximate surface area is 142 Å². The second kappa shape index (κ2) is 6.58. The summed E-state index contributed by atoms with van der Waals surface area (Å²) < 4.78 is 25.6. The fourth-order valence-corrected chi connectivity index (χ4v) is 2.48. The Bertz CT molecular complexity index is 790. The van der Waals surface area contributed by atoms with Crippen molar-refractivity contribution in [1.29, 1.82) is 0 Å². The van der Waals surface area contributed by atoms with Gasteiger partial charge < -0.3 is 9.15 Å². The first-order valence-corrected chi connectivity index (χ1v) is 7.86. The topological polar surface area (TPSA) is 48.2 Å². The molecule has 0 N–H and O–H groups in total. The van der Waals surface area contributed by atoms with Gasteiger partial charge in [0.05, 0.1) is 4.47 Å². The third-order valence-electron chi connectivity index (χ3n) is 2.80. The summed E-state index contributed by atoms with van der Waals surface area (Å²) in [6.07, 6.45) is 0. The van der Waals surface area contributed by atoms with Crippen molar-refractivity contribution in [2.24, 2.45) is 0 Å². The van der Waals surface area contributed by atoms with Gasteiger partial charge in [-0.25, -0.2) is 4.39 Å². The lowest BCUT2D eigenvalue weighted by molar-refractivity contribution is 0.262. The largest absolute Gasteiger partial charge is 0.483 e. The van der Waals surface area contributed by atoms with Crippen LogP contribution in [0.3, 0.4) is 0 Å². The van der Waals surface area contributed by atoms with Gasteiger partial charge >= 0.3 is 0 Å². The van der Waals surface area contributed by atoms with Crippen molar-refractivity contribution in [3.05, 3.63) is 63.1 Å². The molecule has 22 heavy (non-hydrogen) atoms. The highest BCUT2D eigenvalue weighted by atomic mass is 79.9. The molecule has 3 aromatic rings. The first kappa shape index (κ1) is 15.2. The maximum absolute atomic E-state index is 13.0. The van der Waals surface area contributed by atoms with Crippen molar-refractivity contribution in [3.8, 4) is 17.2 Å². The molecule has 0 amide bonds. The lowest BCUT2D eigenvalue weighted by Crippen LogP contribution is -1.96. The van der Waals surface area contributed by atoms with E-state index in [1.807, 2.05) is 24.3 Å². The van der Waals surface area contributed by atoms with Crippen LogP contribution in [0.4, 0.5) is 4.39 Å². The molecule has 0 saturated carbocycles. The molecule has 0 atom stereocenters. The van der Waals surface area contributed by atoms with Crippen LogP contribution < -0.4 is 4.74 Å². The van der Waals surface area contributed by atoms with Gasteiger partial charge in [-0.2, -0.15) is 0 Å². The van der Waals surface area contributed by atoms with Crippen molar-refractivity contribution in [2.45, 2.75) is 6.61 Å². The summed E-state index contributed by atoms with van der Waals surface area (Å²) in [6.45, 7) is 0.105. The summed E-state index contributed by atoms with van der Waals surface area (Å²) in [6, 6.07) is 11.7. The Morgan fingerprint density at radius 1 is 1.05 bits per heavy atom. The predicted molar refractivity (Wildman–Crippen MR) is 85.9 cm³/mol. The average molecular weight is 428 g/mol. The summed E-state index contributed by atoms with van der Waals surface area (Å²) in [5.74, 6) is 0.928. The Kier molecular flexibility index (Phi) is 4.54. The van der Waals surface area contributed by atoms with Crippen LogP contribution in [-0.4, -0.2) is 10.2 Å². The standard InChI is InChI=1S/C15H9Br2FN2O2/c16-10-3-1-9(2-4-10)15-20-19-14(22-15)8-21-13-6-5-11(18)7-12(13)17/h1-7H,8H2. The second-order valence-corrected chi connectivity index (χ2v) is 6.14. The van der Waals surface area contributed by atoms with E-state index < -0.39 is 0 Å². The fraction of sp³-hybridized carbons (Fsp3) is 0.0667. The molecule has 0 aliphatic heterocycles. The molecule has 0 saturated heterocycles. The van der Waals surface area contributed by atoms with E-state index in [2.05, 4.69) is 42.1 Å². The van der Waals surface area contributed by atoms with Gasteiger partial charge in [-0.1, -0.05) is 15.9 Å². The van der Waals surface area contributed by atoms with E-state index in [9.17, 15) is 4.39 Å². The molecule has 4 nitrogen and oxygen atoms in total. The lowest BCUT2D eigenvalue weighted by atomic mass is 10.2. The van der Waals surface area contributed by atoms with E-state index in [0.29, 0.717) is 22.0 Å². The minimum Gasteiger partial charge on any atom is -0.483 e.